The number of hydrogen-bond acceptors (Lipinski definition) is 4. The summed E-state index contributed by atoms with van der Waals surface area (Å²) in [5, 5.41) is 3.54. The number of benzene rings is 4. The topological polar surface area (TPSA) is 86.8 Å². The smallest absolute Gasteiger partial charge is 0.264 e. The Morgan fingerprint density at radius 3 is 2.00 bits per heavy atom. The summed E-state index contributed by atoms with van der Waals surface area (Å²) in [6, 6.07) is 30.6. The number of halogens is 2. The molecule has 10 heteroatoms. The lowest BCUT2D eigenvalue weighted by Gasteiger charge is -2.34. The Hall–Kier alpha value is -3.41. The largest absolute Gasteiger partial charge is 0.354 e. The zero-order chi connectivity index (χ0) is 31.7. The maximum Gasteiger partial charge on any atom is 0.264 e. The number of hydrogen-bond donors (Lipinski definition) is 1. The van der Waals surface area contributed by atoms with E-state index in [1.807, 2.05) is 44.2 Å². The second-order valence-electron chi connectivity index (χ2n) is 10.8. The van der Waals surface area contributed by atoms with Crippen molar-refractivity contribution in [3.63, 3.8) is 0 Å². The van der Waals surface area contributed by atoms with Crippen molar-refractivity contribution in [1.82, 2.24) is 10.2 Å². The van der Waals surface area contributed by atoms with E-state index < -0.39 is 28.5 Å². The third-order valence-electron chi connectivity index (χ3n) is 6.95. The van der Waals surface area contributed by atoms with Gasteiger partial charge in [0.1, 0.15) is 12.6 Å². The van der Waals surface area contributed by atoms with Crippen molar-refractivity contribution in [2.45, 2.75) is 37.8 Å². The maximum absolute atomic E-state index is 14.4. The molecule has 0 heterocycles. The average molecular weight is 744 g/mol. The van der Waals surface area contributed by atoms with Gasteiger partial charge in [0.2, 0.25) is 11.8 Å². The molecule has 1 atom stereocenters. The molecule has 0 saturated carbocycles. The molecule has 0 radical (unpaired) electrons. The van der Waals surface area contributed by atoms with Gasteiger partial charge in [-0.15, -0.1) is 0 Å². The van der Waals surface area contributed by atoms with E-state index in [9.17, 15) is 18.0 Å². The Labute approximate surface area is 278 Å². The van der Waals surface area contributed by atoms with E-state index in [-0.39, 0.29) is 29.7 Å². The summed E-state index contributed by atoms with van der Waals surface area (Å²) < 4.78 is 30.0. The van der Waals surface area contributed by atoms with Gasteiger partial charge in [-0.1, -0.05) is 86.1 Å². The number of rotatable bonds is 13. The van der Waals surface area contributed by atoms with Crippen molar-refractivity contribution in [3.05, 3.63) is 129 Å². The van der Waals surface area contributed by atoms with Crippen LogP contribution in [-0.2, 0) is 32.6 Å². The third kappa shape index (κ3) is 9.06. The van der Waals surface area contributed by atoms with Crippen LogP contribution in [-0.4, -0.2) is 44.3 Å². The average Bonchev–Trinajstić information content (AvgIpc) is 3.02. The molecule has 0 aliphatic carbocycles. The van der Waals surface area contributed by atoms with Gasteiger partial charge in [-0.05, 0) is 88.2 Å². The van der Waals surface area contributed by atoms with Gasteiger partial charge in [-0.25, -0.2) is 8.42 Å². The Bertz CT molecular complexity index is 1640. The van der Waals surface area contributed by atoms with Crippen LogP contribution in [0.15, 0.2) is 114 Å². The fourth-order valence-electron chi connectivity index (χ4n) is 4.62. The molecule has 7 nitrogen and oxygen atoms in total. The SMILES string of the molecule is CC(C)CNC(=O)[C@H](Cc1ccccc1)N(Cc1ccc(Cl)cc1)C(=O)CN(c1ccc(I)cc1)S(=O)(=O)c1ccccc1. The van der Waals surface area contributed by atoms with Crippen LogP contribution < -0.4 is 9.62 Å². The molecule has 1 N–H and O–H groups in total. The highest BCUT2D eigenvalue weighted by atomic mass is 127. The number of anilines is 1. The standard InChI is InChI=1S/C34H35ClIN3O4S/c1-25(2)22-37-34(41)32(21-26-9-5-3-6-10-26)38(23-27-13-15-28(35)16-14-27)33(40)24-39(30-19-17-29(36)18-20-30)44(42,43)31-11-7-4-8-12-31/h3-20,25,32H,21-24H2,1-2H3,(H,37,41)/t32-/m0/s1. The number of carbonyl (C=O) groups is 2. The number of amides is 2. The molecule has 4 aromatic rings. The first-order valence-electron chi connectivity index (χ1n) is 14.2. The van der Waals surface area contributed by atoms with Crippen LogP contribution in [0.1, 0.15) is 25.0 Å². The number of carbonyl (C=O) groups excluding carboxylic acids is 2. The fourth-order valence-corrected chi connectivity index (χ4v) is 6.54. The van der Waals surface area contributed by atoms with Crippen LogP contribution in [0, 0.1) is 9.49 Å². The van der Waals surface area contributed by atoms with Crippen molar-refractivity contribution in [1.29, 1.82) is 0 Å². The molecule has 4 rings (SSSR count). The lowest BCUT2D eigenvalue weighted by molar-refractivity contribution is -0.140. The molecule has 0 aliphatic heterocycles. The number of nitrogens with zero attached hydrogens (tertiary/aromatic N) is 2. The molecule has 0 spiro atoms. The normalized spacial score (nSPS) is 12.0. The van der Waals surface area contributed by atoms with E-state index in [0.29, 0.717) is 17.3 Å². The van der Waals surface area contributed by atoms with Crippen molar-refractivity contribution in [2.24, 2.45) is 5.92 Å². The minimum Gasteiger partial charge on any atom is -0.354 e. The molecule has 44 heavy (non-hydrogen) atoms. The van der Waals surface area contributed by atoms with Crippen LogP contribution in [0.2, 0.25) is 5.02 Å². The van der Waals surface area contributed by atoms with Crippen molar-refractivity contribution in [3.8, 4) is 0 Å². The summed E-state index contributed by atoms with van der Waals surface area (Å²) in [6.07, 6.45) is 0.249. The quantitative estimate of drug-likeness (QED) is 0.158. The first kappa shape index (κ1) is 33.5. The summed E-state index contributed by atoms with van der Waals surface area (Å²) >= 11 is 8.28. The molecule has 0 saturated heterocycles. The molecule has 0 fully saturated rings. The predicted octanol–water partition coefficient (Wildman–Crippen LogP) is 6.55. The van der Waals surface area contributed by atoms with Gasteiger partial charge in [0.25, 0.3) is 10.0 Å². The van der Waals surface area contributed by atoms with Crippen molar-refractivity contribution in [2.75, 3.05) is 17.4 Å². The van der Waals surface area contributed by atoms with E-state index >= 15 is 0 Å². The monoisotopic (exact) mass is 743 g/mol. The zero-order valence-corrected chi connectivity index (χ0v) is 28.3. The third-order valence-corrected chi connectivity index (χ3v) is 9.71. The van der Waals surface area contributed by atoms with E-state index in [1.165, 1.54) is 17.0 Å². The second-order valence-corrected chi connectivity index (χ2v) is 14.3. The lowest BCUT2D eigenvalue weighted by atomic mass is 10.0. The fraction of sp³-hybridized carbons (Fsp3) is 0.235. The van der Waals surface area contributed by atoms with Gasteiger partial charge in [-0.3, -0.25) is 13.9 Å². The minimum absolute atomic E-state index is 0.0612. The number of sulfonamides is 1. The van der Waals surface area contributed by atoms with Gasteiger partial charge in [0.15, 0.2) is 0 Å². The molecule has 0 aliphatic rings. The molecule has 0 unspecified atom stereocenters. The minimum atomic E-state index is -4.13. The molecule has 0 aromatic heterocycles. The summed E-state index contributed by atoms with van der Waals surface area (Å²) in [4.78, 5) is 29.8. The molecular formula is C34H35ClIN3O4S. The lowest BCUT2D eigenvalue weighted by Crippen LogP contribution is -2.53. The summed E-state index contributed by atoms with van der Waals surface area (Å²) in [6.45, 7) is 4.00. The van der Waals surface area contributed by atoms with Gasteiger partial charge in [0.05, 0.1) is 10.6 Å². The van der Waals surface area contributed by atoms with Gasteiger partial charge < -0.3 is 10.2 Å². The van der Waals surface area contributed by atoms with E-state index in [2.05, 4.69) is 27.9 Å². The Balaban J connectivity index is 1.78. The molecule has 4 aromatic carbocycles. The van der Waals surface area contributed by atoms with E-state index in [0.717, 1.165) is 19.0 Å². The zero-order valence-electron chi connectivity index (χ0n) is 24.6. The Morgan fingerprint density at radius 1 is 0.818 bits per heavy atom. The summed E-state index contributed by atoms with van der Waals surface area (Å²) in [7, 11) is -4.13. The van der Waals surface area contributed by atoms with Crippen LogP contribution in [0.25, 0.3) is 0 Å². The number of nitrogens with one attached hydrogen (secondary N) is 1. The maximum atomic E-state index is 14.4. The highest BCUT2D eigenvalue weighted by molar-refractivity contribution is 14.1. The van der Waals surface area contributed by atoms with Crippen LogP contribution >= 0.6 is 34.2 Å². The van der Waals surface area contributed by atoms with Crippen LogP contribution in [0.3, 0.4) is 0 Å². The van der Waals surface area contributed by atoms with Crippen molar-refractivity contribution < 1.29 is 18.0 Å². The molecular weight excluding hydrogens is 709 g/mol. The highest BCUT2D eigenvalue weighted by Gasteiger charge is 2.34. The van der Waals surface area contributed by atoms with Crippen LogP contribution in [0.5, 0.6) is 0 Å². The molecule has 2 amide bonds. The molecule has 230 valence electrons. The van der Waals surface area contributed by atoms with Gasteiger partial charge in [0, 0.05) is 28.1 Å². The van der Waals surface area contributed by atoms with E-state index in [4.69, 9.17) is 11.6 Å². The van der Waals surface area contributed by atoms with Crippen LogP contribution in [0.4, 0.5) is 5.69 Å². The highest BCUT2D eigenvalue weighted by Crippen LogP contribution is 2.26. The predicted molar refractivity (Wildman–Crippen MR) is 184 cm³/mol. The first-order chi connectivity index (χ1) is 21.0. The van der Waals surface area contributed by atoms with E-state index in [1.54, 1.807) is 66.7 Å². The van der Waals surface area contributed by atoms with Crippen molar-refractivity contribution >= 4 is 61.7 Å². The van der Waals surface area contributed by atoms with Gasteiger partial charge in [-0.2, -0.15) is 0 Å². The second kappa shape index (κ2) is 15.5. The summed E-state index contributed by atoms with van der Waals surface area (Å²) in [5.74, 6) is -0.626. The Morgan fingerprint density at radius 2 is 1.41 bits per heavy atom. The summed E-state index contributed by atoms with van der Waals surface area (Å²) in [5.41, 5.74) is 1.97. The molecule has 0 bridgehead atoms. The van der Waals surface area contributed by atoms with Gasteiger partial charge >= 0.3 is 0 Å². The first-order valence-corrected chi connectivity index (χ1v) is 17.1. The Kier molecular flexibility index (Phi) is 11.8.